The van der Waals surface area contributed by atoms with Crippen LogP contribution in [0.25, 0.3) is 0 Å². The average Bonchev–Trinajstić information content (AvgIpc) is 2.65. The summed E-state index contributed by atoms with van der Waals surface area (Å²) in [6, 6.07) is 8.14. The summed E-state index contributed by atoms with van der Waals surface area (Å²) in [5.41, 5.74) is 1.22. The summed E-state index contributed by atoms with van der Waals surface area (Å²) in [6.07, 6.45) is 0.839. The summed E-state index contributed by atoms with van der Waals surface area (Å²) in [4.78, 5) is 27.1. The van der Waals surface area contributed by atoms with Crippen molar-refractivity contribution < 1.29 is 14.3 Å². The molecule has 0 radical (unpaired) electrons. The highest BCUT2D eigenvalue weighted by Crippen LogP contribution is 2.20. The molecule has 1 saturated heterocycles. The molecule has 0 bridgehead atoms. The van der Waals surface area contributed by atoms with E-state index in [0.29, 0.717) is 6.54 Å². The Bertz CT molecular complexity index is 539. The molecule has 0 aromatic heterocycles. The summed E-state index contributed by atoms with van der Waals surface area (Å²) >= 11 is 0. The first-order chi connectivity index (χ1) is 11.6. The van der Waals surface area contributed by atoms with Gasteiger partial charge in [-0.1, -0.05) is 0 Å². The van der Waals surface area contributed by atoms with Crippen LogP contribution in [-0.4, -0.2) is 70.1 Å². The van der Waals surface area contributed by atoms with Crippen molar-refractivity contribution in [2.75, 3.05) is 58.3 Å². The van der Waals surface area contributed by atoms with Crippen molar-refractivity contribution in [2.24, 2.45) is 0 Å². The Morgan fingerprint density at radius 2 is 1.75 bits per heavy atom. The highest BCUT2D eigenvalue weighted by molar-refractivity contribution is 6.34. The lowest BCUT2D eigenvalue weighted by Gasteiger charge is -2.36. The van der Waals surface area contributed by atoms with Crippen molar-refractivity contribution in [3.8, 4) is 5.75 Å². The van der Waals surface area contributed by atoms with Crippen LogP contribution in [0.1, 0.15) is 6.42 Å². The molecule has 2 rings (SSSR count). The van der Waals surface area contributed by atoms with Gasteiger partial charge in [-0.3, -0.25) is 14.5 Å². The second-order valence-corrected chi connectivity index (χ2v) is 5.72. The van der Waals surface area contributed by atoms with Gasteiger partial charge in [0.25, 0.3) is 0 Å². The van der Waals surface area contributed by atoms with Gasteiger partial charge in [0.1, 0.15) is 5.75 Å². The van der Waals surface area contributed by atoms with E-state index in [-0.39, 0.29) is 0 Å². The minimum atomic E-state index is -0.594. The molecule has 24 heavy (non-hydrogen) atoms. The van der Waals surface area contributed by atoms with Crippen LogP contribution in [0.5, 0.6) is 5.75 Å². The lowest BCUT2D eigenvalue weighted by molar-refractivity contribution is -0.138. The number of hydrogen-bond acceptors (Lipinski definition) is 5. The van der Waals surface area contributed by atoms with Gasteiger partial charge in [0.15, 0.2) is 0 Å². The molecule has 132 valence electrons. The van der Waals surface area contributed by atoms with Gasteiger partial charge in [-0.2, -0.15) is 0 Å². The van der Waals surface area contributed by atoms with E-state index in [1.54, 1.807) is 7.11 Å². The smallest absolute Gasteiger partial charge is 0.309 e. The maximum atomic E-state index is 11.3. The van der Waals surface area contributed by atoms with Crippen molar-refractivity contribution in [1.29, 1.82) is 0 Å². The quantitative estimate of drug-likeness (QED) is 0.569. The molecular weight excluding hydrogens is 308 g/mol. The SMILES string of the molecule is CNC(=O)C(=O)NCCCN1CCN(c2ccc(OC)cc2)CC1. The van der Waals surface area contributed by atoms with Crippen molar-refractivity contribution in [3.63, 3.8) is 0 Å². The number of benzene rings is 1. The molecule has 7 heteroatoms. The number of ether oxygens (including phenoxy) is 1. The molecular formula is C17H26N4O3. The fourth-order valence-electron chi connectivity index (χ4n) is 2.72. The standard InChI is InChI=1S/C17H26N4O3/c1-18-16(22)17(23)19-8-3-9-20-10-12-21(13-11-20)14-4-6-15(24-2)7-5-14/h4-7H,3,8-13H2,1-2H3,(H,18,22)(H,19,23). The van der Waals surface area contributed by atoms with E-state index >= 15 is 0 Å². The highest BCUT2D eigenvalue weighted by atomic mass is 16.5. The number of methoxy groups -OCH3 is 1. The van der Waals surface area contributed by atoms with Gasteiger partial charge in [-0.25, -0.2) is 0 Å². The molecule has 1 heterocycles. The number of piperazine rings is 1. The molecule has 1 aliphatic rings. The van der Waals surface area contributed by atoms with Crippen molar-refractivity contribution >= 4 is 17.5 Å². The Hall–Kier alpha value is -2.28. The van der Waals surface area contributed by atoms with Crippen LogP contribution in [0.4, 0.5) is 5.69 Å². The minimum absolute atomic E-state index is 0.519. The van der Waals surface area contributed by atoms with E-state index in [9.17, 15) is 9.59 Å². The molecule has 7 nitrogen and oxygen atoms in total. The molecule has 1 aromatic carbocycles. The fourth-order valence-corrected chi connectivity index (χ4v) is 2.72. The topological polar surface area (TPSA) is 73.9 Å². The lowest BCUT2D eigenvalue weighted by Crippen LogP contribution is -2.47. The van der Waals surface area contributed by atoms with Gasteiger partial charge in [-0.05, 0) is 37.2 Å². The number of carbonyl (C=O) groups is 2. The second-order valence-electron chi connectivity index (χ2n) is 5.72. The van der Waals surface area contributed by atoms with Gasteiger partial charge >= 0.3 is 11.8 Å². The van der Waals surface area contributed by atoms with Crippen LogP contribution in [0.2, 0.25) is 0 Å². The third-order valence-corrected chi connectivity index (χ3v) is 4.18. The predicted molar refractivity (Wildman–Crippen MR) is 93.3 cm³/mol. The number of rotatable bonds is 6. The summed E-state index contributed by atoms with van der Waals surface area (Å²) in [5, 5.41) is 4.93. The average molecular weight is 334 g/mol. The summed E-state index contributed by atoms with van der Waals surface area (Å²) < 4.78 is 5.19. The van der Waals surface area contributed by atoms with Gasteiger partial charge in [0.05, 0.1) is 7.11 Å². The van der Waals surface area contributed by atoms with Crippen LogP contribution in [0.3, 0.4) is 0 Å². The number of amides is 2. The summed E-state index contributed by atoms with van der Waals surface area (Å²) in [7, 11) is 3.12. The third-order valence-electron chi connectivity index (χ3n) is 4.18. The first-order valence-electron chi connectivity index (χ1n) is 8.25. The van der Waals surface area contributed by atoms with E-state index in [2.05, 4.69) is 32.6 Å². The number of nitrogens with zero attached hydrogens (tertiary/aromatic N) is 2. The van der Waals surface area contributed by atoms with Crippen molar-refractivity contribution in [1.82, 2.24) is 15.5 Å². The first-order valence-corrected chi connectivity index (χ1v) is 8.25. The number of likely N-dealkylation sites (N-methyl/N-ethyl adjacent to an activating group) is 1. The van der Waals surface area contributed by atoms with Crippen LogP contribution in [0, 0.1) is 0 Å². The summed E-state index contributed by atoms with van der Waals surface area (Å²) in [6.45, 7) is 5.40. The Morgan fingerprint density at radius 1 is 1.08 bits per heavy atom. The molecule has 0 atom stereocenters. The summed E-state index contributed by atoms with van der Waals surface area (Å²) in [5.74, 6) is -0.291. The molecule has 0 aliphatic carbocycles. The largest absolute Gasteiger partial charge is 0.497 e. The molecule has 2 amide bonds. The van der Waals surface area contributed by atoms with Gasteiger partial charge in [-0.15, -0.1) is 0 Å². The Balaban J connectivity index is 1.65. The molecule has 1 aliphatic heterocycles. The Labute approximate surface area is 142 Å². The van der Waals surface area contributed by atoms with E-state index in [0.717, 1.165) is 44.9 Å². The number of hydrogen-bond donors (Lipinski definition) is 2. The predicted octanol–water partition coefficient (Wildman–Crippen LogP) is 0.0695. The Kier molecular flexibility index (Phi) is 6.87. The van der Waals surface area contributed by atoms with Crippen LogP contribution in [-0.2, 0) is 9.59 Å². The maximum Gasteiger partial charge on any atom is 0.309 e. The second kappa shape index (κ2) is 9.12. The van der Waals surface area contributed by atoms with Crippen molar-refractivity contribution in [2.45, 2.75) is 6.42 Å². The number of carbonyl (C=O) groups excluding carboxylic acids is 2. The zero-order valence-corrected chi connectivity index (χ0v) is 14.4. The third kappa shape index (κ3) is 5.13. The zero-order chi connectivity index (χ0) is 17.4. The van der Waals surface area contributed by atoms with Crippen LogP contribution >= 0.6 is 0 Å². The lowest BCUT2D eigenvalue weighted by atomic mass is 10.2. The molecule has 2 N–H and O–H groups in total. The number of nitrogens with one attached hydrogen (secondary N) is 2. The molecule has 1 aromatic rings. The van der Waals surface area contributed by atoms with E-state index in [4.69, 9.17) is 4.74 Å². The molecule has 0 saturated carbocycles. The van der Waals surface area contributed by atoms with Crippen molar-refractivity contribution in [3.05, 3.63) is 24.3 Å². The van der Waals surface area contributed by atoms with E-state index in [1.165, 1.54) is 12.7 Å². The zero-order valence-electron chi connectivity index (χ0n) is 14.4. The minimum Gasteiger partial charge on any atom is -0.497 e. The monoisotopic (exact) mass is 334 g/mol. The van der Waals surface area contributed by atoms with Gasteiger partial charge in [0.2, 0.25) is 0 Å². The molecule has 0 spiro atoms. The number of anilines is 1. The van der Waals surface area contributed by atoms with E-state index in [1.807, 2.05) is 12.1 Å². The van der Waals surface area contributed by atoms with Gasteiger partial charge < -0.3 is 20.3 Å². The van der Waals surface area contributed by atoms with Crippen LogP contribution < -0.4 is 20.3 Å². The molecule has 1 fully saturated rings. The molecule has 0 unspecified atom stereocenters. The Morgan fingerprint density at radius 3 is 2.33 bits per heavy atom. The maximum absolute atomic E-state index is 11.3. The first kappa shape index (κ1) is 18.1. The highest BCUT2D eigenvalue weighted by Gasteiger charge is 2.17. The van der Waals surface area contributed by atoms with E-state index < -0.39 is 11.8 Å². The van der Waals surface area contributed by atoms with Gasteiger partial charge in [0, 0.05) is 45.5 Å². The normalized spacial score (nSPS) is 15.0. The van der Waals surface area contributed by atoms with Crippen LogP contribution in [0.15, 0.2) is 24.3 Å². The fraction of sp³-hybridized carbons (Fsp3) is 0.529.